The van der Waals surface area contributed by atoms with Gasteiger partial charge in [-0.25, -0.2) is 8.42 Å². The zero-order valence-electron chi connectivity index (χ0n) is 17.0. The molecule has 0 saturated carbocycles. The molecular weight excluding hydrogens is 386 g/mol. The molecular formula is C23H25NO4S. The summed E-state index contributed by atoms with van der Waals surface area (Å²) in [6.45, 7) is 3.76. The van der Waals surface area contributed by atoms with Gasteiger partial charge in [0, 0.05) is 6.26 Å². The maximum Gasteiger partial charge on any atom is 0.227 e. The normalized spacial score (nSPS) is 13.7. The van der Waals surface area contributed by atoms with E-state index in [-0.39, 0.29) is 22.8 Å². The van der Waals surface area contributed by atoms with E-state index in [1.165, 1.54) is 6.26 Å². The Bertz CT molecular complexity index is 1140. The molecule has 0 aliphatic rings. The molecule has 1 N–H and O–H groups in total. The first kappa shape index (κ1) is 20.9. The molecule has 0 aromatic heterocycles. The number of fused-ring (bicyclic) bond motifs is 1. The average Bonchev–Trinajstić information content (AvgIpc) is 2.71. The maximum atomic E-state index is 12.8. The zero-order valence-corrected chi connectivity index (χ0v) is 17.8. The smallest absolute Gasteiger partial charge is 0.227 e. The zero-order chi connectivity index (χ0) is 21.2. The third kappa shape index (κ3) is 4.77. The van der Waals surface area contributed by atoms with Gasteiger partial charge in [-0.3, -0.25) is 4.79 Å². The van der Waals surface area contributed by atoms with Gasteiger partial charge in [-0.05, 0) is 60.0 Å². The fraction of sp³-hybridized carbons (Fsp3) is 0.261. The summed E-state index contributed by atoms with van der Waals surface area (Å²) in [6.07, 6.45) is 1.18. The Labute approximate surface area is 171 Å². The Balaban J connectivity index is 1.73. The van der Waals surface area contributed by atoms with Gasteiger partial charge in [0.25, 0.3) is 0 Å². The molecule has 0 aliphatic heterocycles. The number of ether oxygens (including phenoxy) is 1. The summed E-state index contributed by atoms with van der Waals surface area (Å²) in [5.74, 6) is 0.392. The van der Waals surface area contributed by atoms with Gasteiger partial charge in [0.05, 0.1) is 24.0 Å². The highest BCUT2D eigenvalue weighted by atomic mass is 32.2. The molecule has 29 heavy (non-hydrogen) atoms. The molecule has 2 atom stereocenters. The second kappa shape index (κ2) is 8.25. The Hall–Kier alpha value is -2.86. The number of carbonyl (C=O) groups excluding carboxylic acids is 1. The lowest BCUT2D eigenvalue weighted by molar-refractivity contribution is -0.122. The van der Waals surface area contributed by atoms with Gasteiger partial charge < -0.3 is 10.1 Å². The van der Waals surface area contributed by atoms with E-state index in [0.717, 1.165) is 27.6 Å². The molecule has 0 spiro atoms. The van der Waals surface area contributed by atoms with E-state index >= 15 is 0 Å². The highest BCUT2D eigenvalue weighted by molar-refractivity contribution is 7.90. The Kier molecular flexibility index (Phi) is 5.94. The third-order valence-corrected chi connectivity index (χ3v) is 6.26. The number of hydrogen-bond donors (Lipinski definition) is 1. The molecule has 0 saturated heterocycles. The van der Waals surface area contributed by atoms with Crippen LogP contribution in [0.4, 0.5) is 0 Å². The van der Waals surface area contributed by atoms with Crippen molar-refractivity contribution in [1.82, 2.24) is 5.32 Å². The first-order valence-corrected chi connectivity index (χ1v) is 11.3. The Morgan fingerprint density at radius 1 is 0.897 bits per heavy atom. The first-order chi connectivity index (χ1) is 13.7. The topological polar surface area (TPSA) is 72.5 Å². The minimum absolute atomic E-state index is 0.0856. The minimum Gasteiger partial charge on any atom is -0.497 e. The predicted molar refractivity (Wildman–Crippen MR) is 115 cm³/mol. The van der Waals surface area contributed by atoms with Gasteiger partial charge in [0.2, 0.25) is 5.91 Å². The van der Waals surface area contributed by atoms with Crippen LogP contribution < -0.4 is 10.1 Å². The molecule has 0 aliphatic carbocycles. The second-order valence-corrected chi connectivity index (χ2v) is 9.28. The first-order valence-electron chi connectivity index (χ1n) is 9.37. The van der Waals surface area contributed by atoms with E-state index in [2.05, 4.69) is 5.32 Å². The van der Waals surface area contributed by atoms with Crippen molar-refractivity contribution in [3.63, 3.8) is 0 Å². The molecule has 1 amide bonds. The fourth-order valence-corrected chi connectivity index (χ4v) is 3.85. The van der Waals surface area contributed by atoms with Crippen LogP contribution in [-0.2, 0) is 14.6 Å². The molecule has 152 valence electrons. The SMILES string of the molecule is COc1ccc2cc([C@H](C)C(=O)NC(C)c3ccc(S(C)(=O)=O)cc3)ccc2c1. The molecule has 0 heterocycles. The van der Waals surface area contributed by atoms with Gasteiger partial charge in [-0.1, -0.05) is 36.4 Å². The quantitative estimate of drug-likeness (QED) is 0.659. The standard InChI is InChI=1S/C23H25NO4S/c1-15(18-5-6-20-14-21(28-3)10-7-19(20)13-18)23(25)24-16(2)17-8-11-22(12-9-17)29(4,26)27/h5-16H,1-4H3,(H,24,25)/t15-,16?/m0/s1. The lowest BCUT2D eigenvalue weighted by Gasteiger charge is -2.19. The molecule has 6 heteroatoms. The molecule has 1 unspecified atom stereocenters. The molecule has 3 aromatic rings. The highest BCUT2D eigenvalue weighted by Gasteiger charge is 2.19. The number of methoxy groups -OCH3 is 1. The molecule has 0 bridgehead atoms. The van der Waals surface area contributed by atoms with Crippen molar-refractivity contribution in [3.05, 3.63) is 71.8 Å². The van der Waals surface area contributed by atoms with Gasteiger partial charge >= 0.3 is 0 Å². The molecule has 5 nitrogen and oxygen atoms in total. The van der Waals surface area contributed by atoms with Crippen molar-refractivity contribution in [1.29, 1.82) is 0 Å². The van der Waals surface area contributed by atoms with Crippen LogP contribution in [-0.4, -0.2) is 27.7 Å². The molecule has 0 fully saturated rings. The number of benzene rings is 3. The van der Waals surface area contributed by atoms with E-state index in [4.69, 9.17) is 4.74 Å². The van der Waals surface area contributed by atoms with Crippen LogP contribution in [0.1, 0.15) is 36.9 Å². The second-order valence-electron chi connectivity index (χ2n) is 7.27. The lowest BCUT2D eigenvalue weighted by atomic mass is 9.96. The van der Waals surface area contributed by atoms with Gasteiger partial charge in [-0.2, -0.15) is 0 Å². The molecule has 0 radical (unpaired) electrons. The van der Waals surface area contributed by atoms with E-state index in [0.29, 0.717) is 0 Å². The van der Waals surface area contributed by atoms with E-state index in [1.54, 1.807) is 31.4 Å². The number of sulfone groups is 1. The van der Waals surface area contributed by atoms with Crippen molar-refractivity contribution < 1.29 is 17.9 Å². The summed E-state index contributed by atoms with van der Waals surface area (Å²) < 4.78 is 28.4. The van der Waals surface area contributed by atoms with E-state index in [1.807, 2.05) is 50.2 Å². The fourth-order valence-electron chi connectivity index (χ4n) is 3.22. The minimum atomic E-state index is -3.24. The van der Waals surface area contributed by atoms with Crippen molar-refractivity contribution in [2.75, 3.05) is 13.4 Å². The number of carbonyl (C=O) groups is 1. The van der Waals surface area contributed by atoms with Gasteiger partial charge in [0.15, 0.2) is 9.84 Å². The maximum absolute atomic E-state index is 12.8. The Morgan fingerprint density at radius 3 is 2.10 bits per heavy atom. The van der Waals surface area contributed by atoms with Crippen LogP contribution >= 0.6 is 0 Å². The summed E-state index contributed by atoms with van der Waals surface area (Å²) in [6, 6.07) is 18.2. The van der Waals surface area contributed by atoms with E-state index in [9.17, 15) is 13.2 Å². The Morgan fingerprint density at radius 2 is 1.48 bits per heavy atom. The van der Waals surface area contributed by atoms with Gasteiger partial charge in [0.1, 0.15) is 5.75 Å². The number of hydrogen-bond acceptors (Lipinski definition) is 4. The summed E-state index contributed by atoms with van der Waals surface area (Å²) in [5.41, 5.74) is 1.78. The number of rotatable bonds is 6. The summed E-state index contributed by atoms with van der Waals surface area (Å²) in [4.78, 5) is 13.0. The van der Waals surface area contributed by atoms with Gasteiger partial charge in [-0.15, -0.1) is 0 Å². The summed E-state index contributed by atoms with van der Waals surface area (Å²) in [7, 11) is -1.60. The highest BCUT2D eigenvalue weighted by Crippen LogP contribution is 2.26. The van der Waals surface area contributed by atoms with Crippen molar-refractivity contribution in [2.45, 2.75) is 30.7 Å². The van der Waals surface area contributed by atoms with Crippen LogP contribution in [0.25, 0.3) is 10.8 Å². The number of amides is 1. The third-order valence-electron chi connectivity index (χ3n) is 5.13. The monoisotopic (exact) mass is 411 g/mol. The lowest BCUT2D eigenvalue weighted by Crippen LogP contribution is -2.30. The summed E-state index contributed by atoms with van der Waals surface area (Å²) >= 11 is 0. The van der Waals surface area contributed by atoms with Crippen molar-refractivity contribution in [3.8, 4) is 5.75 Å². The van der Waals surface area contributed by atoms with Crippen LogP contribution in [0.15, 0.2) is 65.6 Å². The predicted octanol–water partition coefficient (Wildman–Crippen LogP) is 4.23. The van der Waals surface area contributed by atoms with Crippen LogP contribution in [0, 0.1) is 0 Å². The van der Waals surface area contributed by atoms with Crippen molar-refractivity contribution in [2.24, 2.45) is 0 Å². The average molecular weight is 412 g/mol. The summed E-state index contributed by atoms with van der Waals surface area (Å²) in [5, 5.41) is 5.11. The van der Waals surface area contributed by atoms with E-state index < -0.39 is 9.84 Å². The number of nitrogens with one attached hydrogen (secondary N) is 1. The van der Waals surface area contributed by atoms with Crippen LogP contribution in [0.3, 0.4) is 0 Å². The largest absolute Gasteiger partial charge is 0.497 e. The van der Waals surface area contributed by atoms with Crippen molar-refractivity contribution >= 4 is 26.5 Å². The molecule has 3 aromatic carbocycles. The van der Waals surface area contributed by atoms with Crippen LogP contribution in [0.2, 0.25) is 0 Å². The van der Waals surface area contributed by atoms with Crippen LogP contribution in [0.5, 0.6) is 5.75 Å². The molecule has 3 rings (SSSR count).